The summed E-state index contributed by atoms with van der Waals surface area (Å²) < 4.78 is 2.35. The molecule has 0 radical (unpaired) electrons. The molecule has 0 spiro atoms. The Morgan fingerprint density at radius 1 is 1.32 bits per heavy atom. The number of nitrogens with one attached hydrogen (secondary N) is 1. The Hall–Kier alpha value is -2.81. The van der Waals surface area contributed by atoms with Gasteiger partial charge >= 0.3 is 5.69 Å². The van der Waals surface area contributed by atoms with Crippen LogP contribution in [0.1, 0.15) is 22.5 Å². The molecule has 0 unspecified atom stereocenters. The molecular weight excluding hydrogens is 342 g/mol. The van der Waals surface area contributed by atoms with Crippen molar-refractivity contribution in [2.75, 3.05) is 5.32 Å². The van der Waals surface area contributed by atoms with E-state index in [-0.39, 0.29) is 18.1 Å². The van der Waals surface area contributed by atoms with Crippen LogP contribution in [0.25, 0.3) is 10.2 Å². The van der Waals surface area contributed by atoms with Crippen LogP contribution in [0.5, 0.6) is 0 Å². The van der Waals surface area contributed by atoms with Gasteiger partial charge in [-0.2, -0.15) is 5.10 Å². The fraction of sp³-hybridized carbons (Fsp3) is 0.312. The van der Waals surface area contributed by atoms with Gasteiger partial charge in [-0.15, -0.1) is 0 Å². The van der Waals surface area contributed by atoms with E-state index in [1.54, 1.807) is 13.8 Å². The molecule has 25 heavy (non-hydrogen) atoms. The molecule has 0 aliphatic heterocycles. The Morgan fingerprint density at radius 3 is 2.68 bits per heavy atom. The summed E-state index contributed by atoms with van der Waals surface area (Å²) >= 11 is 1.40. The van der Waals surface area contributed by atoms with Gasteiger partial charge in [0.1, 0.15) is 17.9 Å². The highest BCUT2D eigenvalue weighted by atomic mass is 32.1. The Kier molecular flexibility index (Phi) is 4.25. The van der Waals surface area contributed by atoms with Crippen molar-refractivity contribution in [2.24, 2.45) is 0 Å². The molecular formula is C16H17N5O3S. The zero-order chi connectivity index (χ0) is 18.3. The number of fused-ring (bicyclic) bond motifs is 1. The maximum Gasteiger partial charge on any atom is 0.312 e. The van der Waals surface area contributed by atoms with Gasteiger partial charge in [0.15, 0.2) is 5.13 Å². The van der Waals surface area contributed by atoms with Crippen molar-refractivity contribution in [3.05, 3.63) is 44.8 Å². The van der Waals surface area contributed by atoms with E-state index in [1.807, 2.05) is 26.0 Å². The normalized spacial score (nSPS) is 11.0. The highest BCUT2D eigenvalue weighted by Gasteiger charge is 2.23. The number of carbonyl (C=O) groups is 1. The second-order valence-corrected chi connectivity index (χ2v) is 6.96. The third-order valence-electron chi connectivity index (χ3n) is 3.90. The first-order valence-electron chi connectivity index (χ1n) is 7.62. The largest absolute Gasteiger partial charge is 0.312 e. The molecule has 8 nitrogen and oxygen atoms in total. The van der Waals surface area contributed by atoms with Crippen molar-refractivity contribution in [1.29, 1.82) is 0 Å². The predicted molar refractivity (Wildman–Crippen MR) is 96.1 cm³/mol. The van der Waals surface area contributed by atoms with E-state index in [1.165, 1.54) is 16.0 Å². The highest BCUT2D eigenvalue weighted by Crippen LogP contribution is 2.29. The van der Waals surface area contributed by atoms with Crippen molar-refractivity contribution in [3.8, 4) is 0 Å². The molecule has 0 saturated carbocycles. The van der Waals surface area contributed by atoms with E-state index in [9.17, 15) is 14.9 Å². The van der Waals surface area contributed by atoms with Gasteiger partial charge < -0.3 is 5.32 Å². The summed E-state index contributed by atoms with van der Waals surface area (Å²) in [6.45, 7) is 7.03. The zero-order valence-electron chi connectivity index (χ0n) is 14.3. The van der Waals surface area contributed by atoms with Crippen molar-refractivity contribution in [3.63, 3.8) is 0 Å². The molecule has 0 aliphatic rings. The van der Waals surface area contributed by atoms with E-state index < -0.39 is 4.92 Å². The smallest absolute Gasteiger partial charge is 0.300 e. The van der Waals surface area contributed by atoms with Gasteiger partial charge in [-0.25, -0.2) is 4.98 Å². The van der Waals surface area contributed by atoms with Crippen molar-refractivity contribution >= 4 is 38.3 Å². The Morgan fingerprint density at radius 2 is 2.04 bits per heavy atom. The lowest BCUT2D eigenvalue weighted by Crippen LogP contribution is -2.20. The first-order valence-corrected chi connectivity index (χ1v) is 8.44. The second-order valence-electron chi connectivity index (χ2n) is 5.93. The van der Waals surface area contributed by atoms with Crippen molar-refractivity contribution < 1.29 is 9.72 Å². The van der Waals surface area contributed by atoms with Crippen LogP contribution in [0.4, 0.5) is 10.8 Å². The molecule has 2 heterocycles. The molecule has 3 aromatic rings. The topological polar surface area (TPSA) is 103 Å². The molecule has 1 aromatic carbocycles. The molecule has 3 rings (SSSR count). The van der Waals surface area contributed by atoms with Gasteiger partial charge in [-0.1, -0.05) is 17.4 Å². The number of rotatable bonds is 4. The fourth-order valence-electron chi connectivity index (χ4n) is 2.82. The Balaban J connectivity index is 1.81. The van der Waals surface area contributed by atoms with Crippen LogP contribution in [0.15, 0.2) is 12.1 Å². The lowest BCUT2D eigenvalue weighted by Gasteiger charge is -2.03. The quantitative estimate of drug-likeness (QED) is 0.569. The van der Waals surface area contributed by atoms with Gasteiger partial charge in [0.2, 0.25) is 5.91 Å². The molecule has 0 atom stereocenters. The van der Waals surface area contributed by atoms with E-state index in [2.05, 4.69) is 15.4 Å². The van der Waals surface area contributed by atoms with E-state index >= 15 is 0 Å². The van der Waals surface area contributed by atoms with Gasteiger partial charge in [-0.3, -0.25) is 19.6 Å². The molecule has 2 aromatic heterocycles. The van der Waals surface area contributed by atoms with E-state index in [4.69, 9.17) is 0 Å². The SMILES string of the molecule is Cc1cc(C)c2nc(NC(=O)Cn3nc(C)c([N+](=O)[O-])c3C)sc2c1. The number of thiazole rings is 1. The van der Waals surface area contributed by atoms with Crippen LogP contribution in [-0.2, 0) is 11.3 Å². The minimum absolute atomic E-state index is 0.0566. The number of aromatic nitrogens is 3. The van der Waals surface area contributed by atoms with Crippen LogP contribution in [0.3, 0.4) is 0 Å². The number of benzene rings is 1. The summed E-state index contributed by atoms with van der Waals surface area (Å²) in [5.74, 6) is -0.325. The summed E-state index contributed by atoms with van der Waals surface area (Å²) in [7, 11) is 0. The summed E-state index contributed by atoms with van der Waals surface area (Å²) in [6, 6.07) is 4.07. The lowest BCUT2D eigenvalue weighted by molar-refractivity contribution is -0.386. The number of nitrogens with zero attached hydrogens (tertiary/aromatic N) is 4. The maximum absolute atomic E-state index is 12.3. The standard InChI is InChI=1S/C16H17N5O3S/c1-8-5-9(2)14-12(6-8)25-16(18-14)17-13(22)7-20-11(4)15(21(23)24)10(3)19-20/h5-6H,7H2,1-4H3,(H,17,18,22). The number of anilines is 1. The minimum Gasteiger partial charge on any atom is -0.300 e. The van der Waals surface area contributed by atoms with Crippen LogP contribution >= 0.6 is 11.3 Å². The molecule has 0 fully saturated rings. The molecule has 0 bridgehead atoms. The molecule has 130 valence electrons. The summed E-state index contributed by atoms with van der Waals surface area (Å²) in [4.78, 5) is 27.3. The van der Waals surface area contributed by atoms with Crippen LogP contribution in [0, 0.1) is 37.8 Å². The van der Waals surface area contributed by atoms with Gasteiger partial charge in [-0.05, 0) is 44.9 Å². The number of carbonyl (C=O) groups excluding carboxylic acids is 1. The first kappa shape index (κ1) is 17.0. The number of nitro groups is 1. The van der Waals surface area contributed by atoms with Crippen molar-refractivity contribution in [2.45, 2.75) is 34.2 Å². The minimum atomic E-state index is -0.481. The lowest BCUT2D eigenvalue weighted by atomic mass is 10.1. The molecule has 0 aliphatic carbocycles. The third kappa shape index (κ3) is 3.22. The van der Waals surface area contributed by atoms with Crippen LogP contribution in [-0.4, -0.2) is 25.6 Å². The summed E-state index contributed by atoms with van der Waals surface area (Å²) in [5.41, 5.74) is 3.66. The predicted octanol–water partition coefficient (Wildman–Crippen LogP) is 3.27. The Bertz CT molecular complexity index is 1010. The second kappa shape index (κ2) is 6.25. The molecule has 0 saturated heterocycles. The van der Waals surface area contributed by atoms with Crippen LogP contribution in [0.2, 0.25) is 0 Å². The van der Waals surface area contributed by atoms with Gasteiger partial charge in [0.25, 0.3) is 0 Å². The first-order chi connectivity index (χ1) is 11.8. The molecule has 9 heteroatoms. The highest BCUT2D eigenvalue weighted by molar-refractivity contribution is 7.22. The van der Waals surface area contributed by atoms with Crippen molar-refractivity contribution in [1.82, 2.24) is 14.8 Å². The zero-order valence-corrected chi connectivity index (χ0v) is 15.1. The summed E-state index contributed by atoms with van der Waals surface area (Å²) in [6.07, 6.45) is 0. The molecule has 1 amide bonds. The fourth-order valence-corrected chi connectivity index (χ4v) is 3.88. The monoisotopic (exact) mass is 359 g/mol. The van der Waals surface area contributed by atoms with E-state index in [0.29, 0.717) is 16.5 Å². The maximum atomic E-state index is 12.3. The third-order valence-corrected chi connectivity index (χ3v) is 4.81. The van der Waals surface area contributed by atoms with E-state index in [0.717, 1.165) is 21.3 Å². The van der Waals surface area contributed by atoms with Gasteiger partial charge in [0, 0.05) is 0 Å². The van der Waals surface area contributed by atoms with Gasteiger partial charge in [0.05, 0.1) is 15.1 Å². The number of hydrogen-bond donors (Lipinski definition) is 1. The number of amides is 1. The Labute approximate surface area is 147 Å². The van der Waals surface area contributed by atoms with Crippen LogP contribution < -0.4 is 5.32 Å². The molecule has 1 N–H and O–H groups in total. The average Bonchev–Trinajstić information content (AvgIpc) is 3.00. The number of aryl methyl sites for hydroxylation is 3. The summed E-state index contributed by atoms with van der Waals surface area (Å²) in [5, 5.41) is 18.4. The number of hydrogen-bond acceptors (Lipinski definition) is 6. The average molecular weight is 359 g/mol.